The molecule has 1 atom stereocenters. The number of halogens is 2. The minimum absolute atomic E-state index is 0.648. The minimum atomic E-state index is -0.648. The highest BCUT2D eigenvalue weighted by Crippen LogP contribution is 2.30. The molecule has 0 aromatic heterocycles. The number of aliphatic hydroxyl groups excluding tert-OH is 1. The predicted octanol–water partition coefficient (Wildman–Crippen LogP) is 3.78. The van der Waals surface area contributed by atoms with E-state index in [9.17, 15) is 5.11 Å². The highest BCUT2D eigenvalue weighted by molar-refractivity contribution is 14.1. The molecule has 86 valence electrons. The molecule has 0 radical (unpaired) electrons. The third-order valence-electron chi connectivity index (χ3n) is 2.48. The van der Waals surface area contributed by atoms with Crippen molar-refractivity contribution in [3.63, 3.8) is 0 Å². The van der Waals surface area contributed by atoms with E-state index in [1.165, 1.54) is 0 Å². The van der Waals surface area contributed by atoms with E-state index in [4.69, 9.17) is 4.74 Å². The second-order valence-corrected chi connectivity index (χ2v) is 5.74. The van der Waals surface area contributed by atoms with Gasteiger partial charge in [0.05, 0.1) is 6.61 Å². The summed E-state index contributed by atoms with van der Waals surface area (Å²) in [7, 11) is 0. The van der Waals surface area contributed by atoms with Gasteiger partial charge in [0.25, 0.3) is 0 Å². The first kappa shape index (κ1) is 12.4. The molecule has 1 aliphatic rings. The Hall–Kier alpha value is -0.0700. The predicted molar refractivity (Wildman–Crippen MR) is 75.1 cm³/mol. The first-order valence-corrected chi connectivity index (χ1v) is 7.01. The standard InChI is InChI=1S/C12H12BrIO2/c13-8-4-5-10(14)9(7-8)12(15)11-3-1-2-6-16-11/h3-5,7,12,15H,1-2,6H2. The SMILES string of the molecule is OC(C1=CCCCO1)c1cc(Br)ccc1I. The van der Waals surface area contributed by atoms with Crippen LogP contribution in [0.25, 0.3) is 0 Å². The van der Waals surface area contributed by atoms with Gasteiger partial charge in [0, 0.05) is 13.6 Å². The van der Waals surface area contributed by atoms with Crippen molar-refractivity contribution in [1.82, 2.24) is 0 Å². The van der Waals surface area contributed by atoms with Crippen molar-refractivity contribution in [3.8, 4) is 0 Å². The fourth-order valence-corrected chi connectivity index (χ4v) is 2.65. The maximum Gasteiger partial charge on any atom is 0.137 e. The van der Waals surface area contributed by atoms with Crippen molar-refractivity contribution in [2.75, 3.05) is 6.61 Å². The van der Waals surface area contributed by atoms with Crippen LogP contribution < -0.4 is 0 Å². The zero-order valence-electron chi connectivity index (χ0n) is 8.62. The van der Waals surface area contributed by atoms with Crippen LogP contribution in [0.1, 0.15) is 24.5 Å². The monoisotopic (exact) mass is 394 g/mol. The topological polar surface area (TPSA) is 29.5 Å². The van der Waals surface area contributed by atoms with E-state index in [1.807, 2.05) is 24.3 Å². The molecule has 16 heavy (non-hydrogen) atoms. The molecular weight excluding hydrogens is 383 g/mol. The van der Waals surface area contributed by atoms with Gasteiger partial charge in [-0.3, -0.25) is 0 Å². The van der Waals surface area contributed by atoms with Crippen LogP contribution in [-0.2, 0) is 4.74 Å². The van der Waals surface area contributed by atoms with Crippen LogP contribution in [0.3, 0.4) is 0 Å². The number of ether oxygens (including phenoxy) is 1. The Bertz CT molecular complexity index is 417. The molecule has 0 aliphatic carbocycles. The molecule has 1 N–H and O–H groups in total. The van der Waals surface area contributed by atoms with Crippen LogP contribution in [0.15, 0.2) is 34.5 Å². The van der Waals surface area contributed by atoms with Gasteiger partial charge in [-0.15, -0.1) is 0 Å². The first-order chi connectivity index (χ1) is 7.68. The molecule has 0 amide bonds. The maximum absolute atomic E-state index is 10.2. The van der Waals surface area contributed by atoms with E-state index >= 15 is 0 Å². The quantitative estimate of drug-likeness (QED) is 0.773. The van der Waals surface area contributed by atoms with Gasteiger partial charge in [-0.1, -0.05) is 15.9 Å². The summed E-state index contributed by atoms with van der Waals surface area (Å²) in [4.78, 5) is 0. The van der Waals surface area contributed by atoms with Gasteiger partial charge in [-0.2, -0.15) is 0 Å². The maximum atomic E-state index is 10.2. The molecule has 0 saturated heterocycles. The summed E-state index contributed by atoms with van der Waals surface area (Å²) < 4.78 is 7.50. The Morgan fingerprint density at radius 3 is 2.94 bits per heavy atom. The lowest BCUT2D eigenvalue weighted by Gasteiger charge is -2.21. The Balaban J connectivity index is 2.29. The van der Waals surface area contributed by atoms with E-state index in [-0.39, 0.29) is 0 Å². The fourth-order valence-electron chi connectivity index (χ4n) is 1.64. The summed E-state index contributed by atoms with van der Waals surface area (Å²) in [5, 5.41) is 10.2. The number of allylic oxidation sites excluding steroid dienone is 1. The summed E-state index contributed by atoms with van der Waals surface area (Å²) in [5.74, 6) is 0.683. The van der Waals surface area contributed by atoms with Crippen molar-refractivity contribution in [2.24, 2.45) is 0 Å². The molecule has 1 aliphatic heterocycles. The van der Waals surface area contributed by atoms with Crippen LogP contribution in [0.2, 0.25) is 0 Å². The second-order valence-electron chi connectivity index (χ2n) is 3.67. The van der Waals surface area contributed by atoms with E-state index in [0.29, 0.717) is 12.4 Å². The number of aliphatic hydroxyl groups is 1. The highest BCUT2D eigenvalue weighted by atomic mass is 127. The Morgan fingerprint density at radius 2 is 2.25 bits per heavy atom. The van der Waals surface area contributed by atoms with Gasteiger partial charge in [0.2, 0.25) is 0 Å². The van der Waals surface area contributed by atoms with Gasteiger partial charge in [0.15, 0.2) is 0 Å². The summed E-state index contributed by atoms with van der Waals surface area (Å²) in [6.07, 6.45) is 3.35. The molecule has 2 rings (SSSR count). The number of hydrogen-bond donors (Lipinski definition) is 1. The van der Waals surface area contributed by atoms with Gasteiger partial charge in [-0.25, -0.2) is 0 Å². The second kappa shape index (κ2) is 5.51. The van der Waals surface area contributed by atoms with E-state index in [2.05, 4.69) is 38.5 Å². The number of benzene rings is 1. The number of rotatable bonds is 2. The van der Waals surface area contributed by atoms with Gasteiger partial charge < -0.3 is 9.84 Å². The van der Waals surface area contributed by atoms with Crippen molar-refractivity contribution in [2.45, 2.75) is 18.9 Å². The third-order valence-corrected chi connectivity index (χ3v) is 3.96. The minimum Gasteiger partial charge on any atom is -0.495 e. The van der Waals surface area contributed by atoms with Crippen LogP contribution >= 0.6 is 38.5 Å². The van der Waals surface area contributed by atoms with Gasteiger partial charge >= 0.3 is 0 Å². The van der Waals surface area contributed by atoms with E-state index in [0.717, 1.165) is 26.4 Å². The van der Waals surface area contributed by atoms with Gasteiger partial charge in [-0.05, 0) is 59.7 Å². The molecule has 0 spiro atoms. The first-order valence-electron chi connectivity index (χ1n) is 5.14. The largest absolute Gasteiger partial charge is 0.495 e. The van der Waals surface area contributed by atoms with Crippen molar-refractivity contribution in [1.29, 1.82) is 0 Å². The van der Waals surface area contributed by atoms with Crippen LogP contribution in [0.5, 0.6) is 0 Å². The van der Waals surface area contributed by atoms with Crippen molar-refractivity contribution >= 4 is 38.5 Å². The lowest BCUT2D eigenvalue weighted by Crippen LogP contribution is -2.10. The van der Waals surface area contributed by atoms with Crippen LogP contribution in [-0.4, -0.2) is 11.7 Å². The van der Waals surface area contributed by atoms with Crippen LogP contribution in [0, 0.1) is 3.57 Å². The summed E-state index contributed by atoms with van der Waals surface area (Å²) >= 11 is 5.64. The Morgan fingerprint density at radius 1 is 1.44 bits per heavy atom. The zero-order valence-corrected chi connectivity index (χ0v) is 12.4. The van der Waals surface area contributed by atoms with E-state index < -0.39 is 6.10 Å². The molecule has 0 saturated carbocycles. The molecule has 4 heteroatoms. The highest BCUT2D eigenvalue weighted by Gasteiger charge is 2.19. The number of hydrogen-bond acceptors (Lipinski definition) is 2. The molecule has 0 bridgehead atoms. The molecule has 0 fully saturated rings. The average molecular weight is 395 g/mol. The zero-order chi connectivity index (χ0) is 11.5. The average Bonchev–Trinajstić information content (AvgIpc) is 2.32. The lowest BCUT2D eigenvalue weighted by molar-refractivity contribution is 0.0913. The summed E-state index contributed by atoms with van der Waals surface area (Å²) in [6, 6.07) is 5.88. The van der Waals surface area contributed by atoms with Crippen molar-refractivity contribution < 1.29 is 9.84 Å². The van der Waals surface area contributed by atoms with Crippen LogP contribution in [0.4, 0.5) is 0 Å². The molecule has 1 aromatic carbocycles. The normalized spacial score (nSPS) is 17.6. The van der Waals surface area contributed by atoms with Gasteiger partial charge in [0.1, 0.15) is 11.9 Å². The smallest absolute Gasteiger partial charge is 0.137 e. The molecular formula is C12H12BrIO2. The third kappa shape index (κ3) is 2.78. The summed E-state index contributed by atoms with van der Waals surface area (Å²) in [5.41, 5.74) is 0.892. The molecule has 1 heterocycles. The summed E-state index contributed by atoms with van der Waals surface area (Å²) in [6.45, 7) is 0.702. The molecule has 2 nitrogen and oxygen atoms in total. The van der Waals surface area contributed by atoms with E-state index in [1.54, 1.807) is 0 Å². The van der Waals surface area contributed by atoms with Crippen molar-refractivity contribution in [3.05, 3.63) is 43.6 Å². The molecule has 1 aromatic rings. The Labute approximate surface area is 117 Å². The fraction of sp³-hybridized carbons (Fsp3) is 0.333. The Kier molecular flexibility index (Phi) is 4.27. The lowest BCUT2D eigenvalue weighted by atomic mass is 10.1. The molecule has 1 unspecified atom stereocenters.